The lowest BCUT2D eigenvalue weighted by atomic mass is 9.92. The zero-order chi connectivity index (χ0) is 19.8. The summed E-state index contributed by atoms with van der Waals surface area (Å²) < 4.78 is 24.3. The molecule has 2 fully saturated rings. The number of rotatable bonds is 3. The molecule has 0 saturated carbocycles. The van der Waals surface area contributed by atoms with E-state index >= 15 is 0 Å². The van der Waals surface area contributed by atoms with Crippen LogP contribution in [-0.4, -0.2) is 26.4 Å². The van der Waals surface area contributed by atoms with Crippen LogP contribution in [0.3, 0.4) is 0 Å². The molecular weight excluding hydrogens is 352 g/mol. The minimum atomic E-state index is -0.357. The molecule has 0 radical (unpaired) electrons. The number of hydrogen-bond acceptors (Lipinski definition) is 4. The third kappa shape index (κ3) is 4.15. The highest BCUT2D eigenvalue weighted by molar-refractivity contribution is 5.71. The number of benzene rings is 2. The Kier molecular flexibility index (Phi) is 5.32. The average molecular weight is 383 g/mol. The van der Waals surface area contributed by atoms with Gasteiger partial charge < -0.3 is 18.9 Å². The van der Waals surface area contributed by atoms with Gasteiger partial charge in [-0.25, -0.2) is 0 Å². The van der Waals surface area contributed by atoms with Crippen LogP contribution in [-0.2, 0) is 18.9 Å². The van der Waals surface area contributed by atoms with Crippen molar-refractivity contribution >= 4 is 0 Å². The second kappa shape index (κ2) is 7.60. The van der Waals surface area contributed by atoms with Crippen LogP contribution in [0.2, 0.25) is 0 Å². The number of hydrogen-bond donors (Lipinski definition) is 0. The van der Waals surface area contributed by atoms with E-state index in [-0.39, 0.29) is 23.4 Å². The zero-order valence-electron chi connectivity index (χ0n) is 17.2. The van der Waals surface area contributed by atoms with E-state index in [0.717, 1.165) is 22.3 Å². The normalized spacial score (nSPS) is 22.9. The summed E-state index contributed by atoms with van der Waals surface area (Å²) in [6.45, 7) is 11.3. The van der Waals surface area contributed by atoms with Gasteiger partial charge in [0.05, 0.1) is 26.4 Å². The van der Waals surface area contributed by atoms with Crippen molar-refractivity contribution in [3.8, 4) is 11.1 Å². The Morgan fingerprint density at radius 1 is 0.571 bits per heavy atom. The zero-order valence-corrected chi connectivity index (χ0v) is 17.2. The van der Waals surface area contributed by atoms with Crippen LogP contribution in [0.4, 0.5) is 0 Å². The maximum absolute atomic E-state index is 6.07. The molecule has 2 saturated heterocycles. The van der Waals surface area contributed by atoms with Gasteiger partial charge in [-0.15, -0.1) is 0 Å². The highest BCUT2D eigenvalue weighted by Gasteiger charge is 2.33. The third-order valence-electron chi connectivity index (χ3n) is 5.22. The van der Waals surface area contributed by atoms with Gasteiger partial charge in [0, 0.05) is 22.0 Å². The molecule has 2 aliphatic rings. The molecule has 4 nitrogen and oxygen atoms in total. The maximum atomic E-state index is 6.07. The third-order valence-corrected chi connectivity index (χ3v) is 5.22. The molecule has 2 heterocycles. The van der Waals surface area contributed by atoms with Crippen molar-refractivity contribution in [3.63, 3.8) is 0 Å². The van der Waals surface area contributed by atoms with Gasteiger partial charge in [0.1, 0.15) is 0 Å². The Bertz CT molecular complexity index is 737. The van der Waals surface area contributed by atoms with Crippen LogP contribution in [0.25, 0.3) is 11.1 Å². The lowest BCUT2D eigenvalue weighted by Gasteiger charge is -2.36. The first-order chi connectivity index (χ1) is 13.3. The fourth-order valence-corrected chi connectivity index (χ4v) is 3.64. The Balaban J connectivity index is 1.66. The van der Waals surface area contributed by atoms with Gasteiger partial charge in [0.15, 0.2) is 12.6 Å². The van der Waals surface area contributed by atoms with E-state index in [9.17, 15) is 0 Å². The predicted octanol–water partition coefficient (Wildman–Crippen LogP) is 5.50. The molecule has 0 atom stereocenters. The van der Waals surface area contributed by atoms with Crippen molar-refractivity contribution in [1.29, 1.82) is 0 Å². The van der Waals surface area contributed by atoms with Gasteiger partial charge in [0.2, 0.25) is 0 Å². The lowest BCUT2D eigenvalue weighted by molar-refractivity contribution is -0.226. The molecule has 0 aromatic heterocycles. The van der Waals surface area contributed by atoms with Crippen LogP contribution in [0.5, 0.6) is 0 Å². The van der Waals surface area contributed by atoms with Gasteiger partial charge >= 0.3 is 0 Å². The molecule has 150 valence electrons. The molecular formula is C24H30O4. The van der Waals surface area contributed by atoms with E-state index < -0.39 is 0 Å². The quantitative estimate of drug-likeness (QED) is 0.703. The van der Waals surface area contributed by atoms with Gasteiger partial charge in [-0.1, -0.05) is 76.2 Å². The van der Waals surface area contributed by atoms with Crippen molar-refractivity contribution in [1.82, 2.24) is 0 Å². The summed E-state index contributed by atoms with van der Waals surface area (Å²) in [7, 11) is 0. The molecule has 2 aromatic carbocycles. The Morgan fingerprint density at radius 2 is 0.893 bits per heavy atom. The van der Waals surface area contributed by atoms with Gasteiger partial charge in [0.25, 0.3) is 0 Å². The summed E-state index contributed by atoms with van der Waals surface area (Å²) in [4.78, 5) is 0. The maximum Gasteiger partial charge on any atom is 0.184 e. The molecule has 0 aliphatic carbocycles. The van der Waals surface area contributed by atoms with Crippen LogP contribution in [0.15, 0.2) is 48.5 Å². The molecule has 4 rings (SSSR count). The van der Waals surface area contributed by atoms with E-state index in [0.29, 0.717) is 26.4 Å². The highest BCUT2D eigenvalue weighted by atomic mass is 16.7. The first kappa shape index (κ1) is 19.6. The SMILES string of the molecule is CC1(C)COC(c2ccccc2-c2ccccc2C2OCC(C)(C)CO2)OC1. The lowest BCUT2D eigenvalue weighted by Crippen LogP contribution is -2.34. The topological polar surface area (TPSA) is 36.9 Å². The van der Waals surface area contributed by atoms with Crippen LogP contribution >= 0.6 is 0 Å². The molecule has 0 N–H and O–H groups in total. The summed E-state index contributed by atoms with van der Waals surface area (Å²) in [5, 5.41) is 0. The monoisotopic (exact) mass is 382 g/mol. The molecule has 2 aliphatic heterocycles. The summed E-state index contributed by atoms with van der Waals surface area (Å²) in [6.07, 6.45) is -0.714. The van der Waals surface area contributed by atoms with E-state index in [4.69, 9.17) is 18.9 Å². The Labute approximate surface area is 167 Å². The van der Waals surface area contributed by atoms with E-state index in [1.807, 2.05) is 24.3 Å². The van der Waals surface area contributed by atoms with Gasteiger partial charge in [-0.2, -0.15) is 0 Å². The van der Waals surface area contributed by atoms with Crippen molar-refractivity contribution in [3.05, 3.63) is 59.7 Å². The number of ether oxygens (including phenoxy) is 4. The first-order valence-electron chi connectivity index (χ1n) is 9.99. The standard InChI is InChI=1S/C24H30O4/c1-23(2)13-25-21(26-14-23)19-11-7-5-9-17(19)18-10-6-8-12-20(18)22-27-15-24(3,4)16-28-22/h5-12,21-22H,13-16H2,1-4H3. The smallest absolute Gasteiger partial charge is 0.184 e. The highest BCUT2D eigenvalue weighted by Crippen LogP contribution is 2.40. The minimum Gasteiger partial charge on any atom is -0.348 e. The van der Waals surface area contributed by atoms with E-state index in [1.165, 1.54) is 0 Å². The van der Waals surface area contributed by atoms with Crippen LogP contribution in [0.1, 0.15) is 51.4 Å². The molecule has 28 heavy (non-hydrogen) atoms. The predicted molar refractivity (Wildman–Crippen MR) is 109 cm³/mol. The van der Waals surface area contributed by atoms with Crippen LogP contribution < -0.4 is 0 Å². The largest absolute Gasteiger partial charge is 0.348 e. The van der Waals surface area contributed by atoms with Crippen molar-refractivity contribution < 1.29 is 18.9 Å². The van der Waals surface area contributed by atoms with E-state index in [2.05, 4.69) is 52.0 Å². The second-order valence-corrected chi connectivity index (χ2v) is 9.41. The van der Waals surface area contributed by atoms with Gasteiger partial charge in [-0.3, -0.25) is 0 Å². The summed E-state index contributed by atoms with van der Waals surface area (Å²) in [5.41, 5.74) is 4.36. The molecule has 0 bridgehead atoms. The fourth-order valence-electron chi connectivity index (χ4n) is 3.64. The Morgan fingerprint density at radius 3 is 1.25 bits per heavy atom. The molecule has 0 unspecified atom stereocenters. The average Bonchev–Trinajstić information content (AvgIpc) is 2.68. The minimum absolute atomic E-state index is 0.0416. The Hall–Kier alpha value is -1.72. The van der Waals surface area contributed by atoms with Crippen molar-refractivity contribution in [2.75, 3.05) is 26.4 Å². The van der Waals surface area contributed by atoms with Crippen LogP contribution in [0, 0.1) is 10.8 Å². The summed E-state index contributed by atoms with van der Waals surface area (Å²) >= 11 is 0. The second-order valence-electron chi connectivity index (χ2n) is 9.41. The van der Waals surface area contributed by atoms with Gasteiger partial charge in [-0.05, 0) is 11.1 Å². The molecule has 4 heteroatoms. The molecule has 0 amide bonds. The first-order valence-corrected chi connectivity index (χ1v) is 9.99. The van der Waals surface area contributed by atoms with Crippen molar-refractivity contribution in [2.24, 2.45) is 10.8 Å². The summed E-state index contributed by atoms with van der Waals surface area (Å²) in [5.74, 6) is 0. The summed E-state index contributed by atoms with van der Waals surface area (Å²) in [6, 6.07) is 16.6. The molecule has 0 spiro atoms. The van der Waals surface area contributed by atoms with Crippen molar-refractivity contribution in [2.45, 2.75) is 40.3 Å². The fraction of sp³-hybridized carbons (Fsp3) is 0.500. The van der Waals surface area contributed by atoms with E-state index in [1.54, 1.807) is 0 Å². The molecule has 2 aromatic rings.